The number of rotatable bonds is 9. The molecule has 6 nitrogen and oxygen atoms in total. The first-order valence-corrected chi connectivity index (χ1v) is 12.9. The van der Waals surface area contributed by atoms with Gasteiger partial charge in [0.2, 0.25) is 0 Å². The highest BCUT2D eigenvalue weighted by Crippen LogP contribution is 2.28. The van der Waals surface area contributed by atoms with E-state index in [9.17, 15) is 9.59 Å². The Kier molecular flexibility index (Phi) is 7.84. The summed E-state index contributed by atoms with van der Waals surface area (Å²) in [5.41, 5.74) is 3.72. The number of piperidine rings is 1. The van der Waals surface area contributed by atoms with Crippen molar-refractivity contribution in [3.8, 4) is 5.75 Å². The molecule has 0 atom stereocenters. The maximum Gasteiger partial charge on any atom is 0.410 e. The average Bonchev–Trinajstić information content (AvgIpc) is 3.38. The van der Waals surface area contributed by atoms with Gasteiger partial charge in [-0.2, -0.15) is 0 Å². The number of ether oxygens (including phenoxy) is 2. The Morgan fingerprint density at radius 3 is 2.24 bits per heavy atom. The molecule has 1 saturated heterocycles. The molecule has 190 valence electrons. The summed E-state index contributed by atoms with van der Waals surface area (Å²) in [6.07, 6.45) is 4.63. The van der Waals surface area contributed by atoms with E-state index in [-0.39, 0.29) is 18.5 Å². The third kappa shape index (κ3) is 6.39. The number of hydrogen-bond acceptors (Lipinski definition) is 4. The Balaban J connectivity index is 1.10. The first-order valence-electron chi connectivity index (χ1n) is 12.9. The number of nitrogens with one attached hydrogen (secondary N) is 1. The second-order valence-electron chi connectivity index (χ2n) is 9.62. The van der Waals surface area contributed by atoms with E-state index in [2.05, 4.69) is 4.98 Å². The smallest absolute Gasteiger partial charge is 0.410 e. The largest absolute Gasteiger partial charge is 0.489 e. The van der Waals surface area contributed by atoms with Crippen LogP contribution in [0.3, 0.4) is 0 Å². The van der Waals surface area contributed by atoms with Crippen molar-refractivity contribution >= 4 is 22.8 Å². The zero-order chi connectivity index (χ0) is 25.5. The molecule has 0 radical (unpaired) electrons. The van der Waals surface area contributed by atoms with Crippen molar-refractivity contribution in [3.63, 3.8) is 0 Å². The van der Waals surface area contributed by atoms with Gasteiger partial charge in [0.25, 0.3) is 0 Å². The summed E-state index contributed by atoms with van der Waals surface area (Å²) >= 11 is 0. The summed E-state index contributed by atoms with van der Waals surface area (Å²) < 4.78 is 11.4. The Labute approximate surface area is 217 Å². The second kappa shape index (κ2) is 11.8. The molecular weight excluding hydrogens is 464 g/mol. The van der Waals surface area contributed by atoms with Gasteiger partial charge in [-0.05, 0) is 54.5 Å². The van der Waals surface area contributed by atoms with Gasteiger partial charge in [0, 0.05) is 42.2 Å². The van der Waals surface area contributed by atoms with Gasteiger partial charge >= 0.3 is 6.09 Å². The fourth-order valence-electron chi connectivity index (χ4n) is 4.85. The van der Waals surface area contributed by atoms with Crippen molar-refractivity contribution in [1.82, 2.24) is 9.88 Å². The van der Waals surface area contributed by atoms with Crippen molar-refractivity contribution in [2.24, 2.45) is 5.92 Å². The predicted octanol–water partition coefficient (Wildman–Crippen LogP) is 6.76. The van der Waals surface area contributed by atoms with Crippen LogP contribution in [-0.2, 0) is 18.0 Å². The number of fused-ring (bicyclic) bond motifs is 1. The van der Waals surface area contributed by atoms with Gasteiger partial charge in [-0.3, -0.25) is 4.79 Å². The molecule has 1 aliphatic heterocycles. The number of carbonyl (C=O) groups is 2. The van der Waals surface area contributed by atoms with E-state index in [1.54, 1.807) is 11.1 Å². The number of likely N-dealkylation sites (tertiary alicyclic amines) is 1. The Bertz CT molecular complexity index is 1330. The van der Waals surface area contributed by atoms with Crippen LogP contribution in [0.2, 0.25) is 0 Å². The van der Waals surface area contributed by atoms with Gasteiger partial charge < -0.3 is 19.4 Å². The zero-order valence-corrected chi connectivity index (χ0v) is 20.9. The highest BCUT2D eigenvalue weighted by Gasteiger charge is 2.24. The van der Waals surface area contributed by atoms with Crippen LogP contribution in [0.5, 0.6) is 5.75 Å². The standard InChI is InChI=1S/C31H32N2O4/c34-30(14-11-23-15-17-33(18-16-23)31(35)37-22-25-9-5-2-6-10-25)28-20-32-29-13-12-26(19-27(28)29)36-21-24-7-3-1-4-8-24/h1-10,12-13,19-20,23,32H,11,14-18,21-22H2. The number of hydrogen-bond donors (Lipinski definition) is 1. The molecule has 4 aromatic rings. The average molecular weight is 497 g/mol. The summed E-state index contributed by atoms with van der Waals surface area (Å²) in [6, 6.07) is 25.6. The van der Waals surface area contributed by atoms with Crippen LogP contribution in [0.25, 0.3) is 10.9 Å². The Morgan fingerprint density at radius 1 is 0.865 bits per heavy atom. The molecule has 3 aromatic carbocycles. The first kappa shape index (κ1) is 24.6. The van der Waals surface area contributed by atoms with Crippen LogP contribution in [0, 0.1) is 5.92 Å². The SMILES string of the molecule is O=C(CCC1CCN(C(=O)OCc2ccccc2)CC1)c1c[nH]c2ccc(OCc3ccccc3)cc12. The van der Waals surface area contributed by atoms with Crippen LogP contribution >= 0.6 is 0 Å². The molecule has 1 N–H and O–H groups in total. The number of ketones is 1. The number of nitrogens with zero attached hydrogens (tertiary/aromatic N) is 1. The number of aromatic amines is 1. The summed E-state index contributed by atoms with van der Waals surface area (Å²) in [4.78, 5) is 30.5. The molecule has 5 rings (SSSR count). The molecule has 0 bridgehead atoms. The summed E-state index contributed by atoms with van der Waals surface area (Å²) in [7, 11) is 0. The number of H-pyrrole nitrogens is 1. The van der Waals surface area contributed by atoms with Gasteiger partial charge in [0.15, 0.2) is 5.78 Å². The number of amides is 1. The summed E-state index contributed by atoms with van der Waals surface area (Å²) in [6.45, 7) is 2.11. The van der Waals surface area contributed by atoms with E-state index in [1.165, 1.54) is 0 Å². The van der Waals surface area contributed by atoms with Gasteiger partial charge in [-0.1, -0.05) is 60.7 Å². The molecule has 6 heteroatoms. The number of benzene rings is 3. The van der Waals surface area contributed by atoms with E-state index >= 15 is 0 Å². The van der Waals surface area contributed by atoms with E-state index in [0.29, 0.717) is 37.6 Å². The van der Waals surface area contributed by atoms with Crippen molar-refractivity contribution < 1.29 is 19.1 Å². The van der Waals surface area contributed by atoms with Crippen LogP contribution in [0.1, 0.15) is 47.2 Å². The maximum absolute atomic E-state index is 13.1. The van der Waals surface area contributed by atoms with Gasteiger partial charge in [-0.25, -0.2) is 4.79 Å². The van der Waals surface area contributed by atoms with Gasteiger partial charge in [-0.15, -0.1) is 0 Å². The predicted molar refractivity (Wildman–Crippen MR) is 144 cm³/mol. The number of Topliss-reactive ketones (excluding diaryl/α,β-unsaturated/α-hetero) is 1. The van der Waals surface area contributed by atoms with Crippen LogP contribution in [-0.4, -0.2) is 34.8 Å². The van der Waals surface area contributed by atoms with Crippen LogP contribution in [0.4, 0.5) is 4.79 Å². The van der Waals surface area contributed by atoms with Crippen molar-refractivity contribution in [2.75, 3.05) is 13.1 Å². The Morgan fingerprint density at radius 2 is 1.54 bits per heavy atom. The fraction of sp³-hybridized carbons (Fsp3) is 0.290. The molecule has 0 spiro atoms. The lowest BCUT2D eigenvalue weighted by Gasteiger charge is -2.31. The molecule has 1 aromatic heterocycles. The summed E-state index contributed by atoms with van der Waals surface area (Å²) in [5, 5.41) is 0.895. The van der Waals surface area contributed by atoms with Gasteiger partial charge in [0.05, 0.1) is 0 Å². The van der Waals surface area contributed by atoms with E-state index in [0.717, 1.165) is 47.0 Å². The number of aromatic nitrogens is 1. The first-order chi connectivity index (χ1) is 18.2. The third-order valence-electron chi connectivity index (χ3n) is 7.06. The molecule has 1 amide bonds. The van der Waals surface area contributed by atoms with Crippen molar-refractivity contribution in [3.05, 3.63) is 102 Å². The lowest BCUT2D eigenvalue weighted by Crippen LogP contribution is -2.38. The van der Waals surface area contributed by atoms with E-state index in [4.69, 9.17) is 9.47 Å². The molecular formula is C31H32N2O4. The van der Waals surface area contributed by atoms with E-state index < -0.39 is 0 Å². The van der Waals surface area contributed by atoms with Crippen LogP contribution < -0.4 is 4.74 Å². The molecule has 2 heterocycles. The lowest BCUT2D eigenvalue weighted by atomic mass is 9.90. The Hall–Kier alpha value is -4.06. The molecule has 0 aliphatic carbocycles. The molecule has 0 saturated carbocycles. The number of carbonyl (C=O) groups excluding carboxylic acids is 2. The normalized spacial score (nSPS) is 14.0. The van der Waals surface area contributed by atoms with Gasteiger partial charge in [0.1, 0.15) is 19.0 Å². The minimum Gasteiger partial charge on any atom is -0.489 e. The monoisotopic (exact) mass is 496 g/mol. The molecule has 0 unspecified atom stereocenters. The second-order valence-corrected chi connectivity index (χ2v) is 9.62. The molecule has 1 aliphatic rings. The highest BCUT2D eigenvalue weighted by molar-refractivity contribution is 6.08. The quantitative estimate of drug-likeness (QED) is 0.260. The van der Waals surface area contributed by atoms with Crippen LogP contribution in [0.15, 0.2) is 85.1 Å². The fourth-order valence-corrected chi connectivity index (χ4v) is 4.85. The summed E-state index contributed by atoms with van der Waals surface area (Å²) in [5.74, 6) is 1.31. The highest BCUT2D eigenvalue weighted by atomic mass is 16.6. The third-order valence-corrected chi connectivity index (χ3v) is 7.06. The zero-order valence-electron chi connectivity index (χ0n) is 20.9. The maximum atomic E-state index is 13.1. The topological polar surface area (TPSA) is 71.6 Å². The van der Waals surface area contributed by atoms with Crippen molar-refractivity contribution in [2.45, 2.75) is 38.9 Å². The molecule has 1 fully saturated rings. The van der Waals surface area contributed by atoms with E-state index in [1.807, 2.05) is 78.9 Å². The molecule has 37 heavy (non-hydrogen) atoms. The minimum atomic E-state index is -0.262. The minimum absolute atomic E-state index is 0.135. The lowest BCUT2D eigenvalue weighted by molar-refractivity contribution is 0.0797. The van der Waals surface area contributed by atoms with Crippen molar-refractivity contribution in [1.29, 1.82) is 0 Å².